The zero-order valence-electron chi connectivity index (χ0n) is 11.5. The van der Waals surface area contributed by atoms with Gasteiger partial charge >= 0.3 is 5.97 Å². The second kappa shape index (κ2) is 4.73. The molecule has 110 valence electrons. The molecule has 0 unspecified atom stereocenters. The normalized spacial score (nSPS) is 13.6. The van der Waals surface area contributed by atoms with Crippen molar-refractivity contribution in [2.75, 3.05) is 17.1 Å². The molecule has 0 amide bonds. The lowest BCUT2D eigenvalue weighted by Gasteiger charge is -2.22. The molecule has 6 heteroatoms. The molecule has 0 atom stereocenters. The van der Waals surface area contributed by atoms with Gasteiger partial charge in [0.2, 0.25) is 10.0 Å². The molecular formula is C15H15NO4S. The molecule has 0 fully saturated rings. The van der Waals surface area contributed by atoms with Crippen LogP contribution in [-0.2, 0) is 27.7 Å². The average Bonchev–Trinajstić information content (AvgIpc) is 2.81. The quantitative estimate of drug-likeness (QED) is 0.934. The minimum Gasteiger partial charge on any atom is -0.480 e. The van der Waals surface area contributed by atoms with Crippen molar-refractivity contribution >= 4 is 32.5 Å². The van der Waals surface area contributed by atoms with Crippen LogP contribution in [0.4, 0.5) is 5.69 Å². The monoisotopic (exact) mass is 305 g/mol. The number of carboxylic acids is 1. The number of aliphatic carboxylic acids is 1. The lowest BCUT2D eigenvalue weighted by Crippen LogP contribution is -2.35. The van der Waals surface area contributed by atoms with Crippen LogP contribution in [0.5, 0.6) is 0 Å². The van der Waals surface area contributed by atoms with Gasteiger partial charge in [0, 0.05) is 5.39 Å². The maximum absolute atomic E-state index is 12.0. The first-order chi connectivity index (χ1) is 9.88. The van der Waals surface area contributed by atoms with Gasteiger partial charge in [-0.3, -0.25) is 9.10 Å². The molecule has 1 N–H and O–H groups in total. The van der Waals surface area contributed by atoms with E-state index in [0.717, 1.165) is 34.2 Å². The Kier molecular flexibility index (Phi) is 3.13. The van der Waals surface area contributed by atoms with Gasteiger partial charge < -0.3 is 5.11 Å². The van der Waals surface area contributed by atoms with Crippen LogP contribution in [-0.4, -0.2) is 32.3 Å². The smallest absolute Gasteiger partial charge is 0.324 e. The van der Waals surface area contributed by atoms with E-state index in [9.17, 15) is 13.2 Å². The lowest BCUT2D eigenvalue weighted by atomic mass is 10.0. The number of carbonyl (C=O) groups is 1. The van der Waals surface area contributed by atoms with E-state index < -0.39 is 22.5 Å². The Morgan fingerprint density at radius 3 is 2.48 bits per heavy atom. The molecule has 1 aliphatic rings. The third-order valence-electron chi connectivity index (χ3n) is 3.80. The maximum atomic E-state index is 12.0. The Balaban J connectivity index is 2.27. The molecule has 21 heavy (non-hydrogen) atoms. The van der Waals surface area contributed by atoms with Crippen LogP contribution >= 0.6 is 0 Å². The molecule has 3 rings (SSSR count). The van der Waals surface area contributed by atoms with Gasteiger partial charge in [-0.25, -0.2) is 8.42 Å². The fourth-order valence-electron chi connectivity index (χ4n) is 2.95. The molecule has 0 aliphatic heterocycles. The highest BCUT2D eigenvalue weighted by molar-refractivity contribution is 7.92. The summed E-state index contributed by atoms with van der Waals surface area (Å²) in [5, 5.41) is 10.9. The summed E-state index contributed by atoms with van der Waals surface area (Å²) in [5.41, 5.74) is 2.81. The van der Waals surface area contributed by atoms with Crippen LogP contribution in [0.1, 0.15) is 11.1 Å². The van der Waals surface area contributed by atoms with Crippen molar-refractivity contribution in [3.63, 3.8) is 0 Å². The van der Waals surface area contributed by atoms with Crippen molar-refractivity contribution < 1.29 is 18.3 Å². The largest absolute Gasteiger partial charge is 0.480 e. The predicted molar refractivity (Wildman–Crippen MR) is 81.2 cm³/mol. The Morgan fingerprint density at radius 1 is 1.19 bits per heavy atom. The Morgan fingerprint density at radius 2 is 1.86 bits per heavy atom. The van der Waals surface area contributed by atoms with Crippen LogP contribution in [0.3, 0.4) is 0 Å². The number of sulfonamides is 1. The number of hydrogen-bond acceptors (Lipinski definition) is 3. The van der Waals surface area contributed by atoms with Crippen LogP contribution in [0.2, 0.25) is 0 Å². The Hall–Kier alpha value is -2.08. The van der Waals surface area contributed by atoms with Crippen molar-refractivity contribution in [2.45, 2.75) is 12.8 Å². The summed E-state index contributed by atoms with van der Waals surface area (Å²) in [7, 11) is -3.66. The number of benzene rings is 2. The summed E-state index contributed by atoms with van der Waals surface area (Å²) < 4.78 is 24.9. The van der Waals surface area contributed by atoms with E-state index >= 15 is 0 Å². The van der Waals surface area contributed by atoms with Gasteiger partial charge in [0.05, 0.1) is 11.9 Å². The van der Waals surface area contributed by atoms with E-state index in [2.05, 4.69) is 0 Å². The molecule has 0 radical (unpaired) electrons. The summed E-state index contributed by atoms with van der Waals surface area (Å²) in [6.45, 7) is -0.572. The van der Waals surface area contributed by atoms with Crippen LogP contribution in [0.25, 0.3) is 10.8 Å². The van der Waals surface area contributed by atoms with E-state index in [0.29, 0.717) is 5.69 Å². The minimum absolute atomic E-state index is 0.433. The molecular weight excluding hydrogens is 290 g/mol. The number of nitrogens with zero attached hydrogens (tertiary/aromatic N) is 1. The molecule has 2 aromatic carbocycles. The number of hydrogen-bond donors (Lipinski definition) is 1. The van der Waals surface area contributed by atoms with Gasteiger partial charge in [0.1, 0.15) is 6.54 Å². The van der Waals surface area contributed by atoms with Gasteiger partial charge in [-0.1, -0.05) is 24.3 Å². The molecule has 0 saturated heterocycles. The molecule has 2 aromatic rings. The number of aryl methyl sites for hydroxylation is 2. The second-order valence-electron chi connectivity index (χ2n) is 5.25. The van der Waals surface area contributed by atoms with E-state index in [-0.39, 0.29) is 0 Å². The van der Waals surface area contributed by atoms with Crippen molar-refractivity contribution in [2.24, 2.45) is 0 Å². The number of carboxylic acid groups (broad SMARTS) is 1. The average molecular weight is 305 g/mol. The first-order valence-electron chi connectivity index (χ1n) is 6.61. The summed E-state index contributed by atoms with van der Waals surface area (Å²) in [6, 6.07) is 9.37. The van der Waals surface area contributed by atoms with E-state index in [1.807, 2.05) is 24.3 Å². The van der Waals surface area contributed by atoms with Crippen LogP contribution < -0.4 is 4.31 Å². The maximum Gasteiger partial charge on any atom is 0.324 e. The van der Waals surface area contributed by atoms with E-state index in [1.165, 1.54) is 11.1 Å². The highest BCUT2D eigenvalue weighted by Crippen LogP contribution is 2.37. The predicted octanol–water partition coefficient (Wildman–Crippen LogP) is 1.79. The van der Waals surface area contributed by atoms with Gasteiger partial charge in [-0.05, 0) is 35.4 Å². The third kappa shape index (κ3) is 2.35. The number of anilines is 1. The van der Waals surface area contributed by atoms with Gasteiger partial charge in [-0.15, -0.1) is 0 Å². The molecule has 0 spiro atoms. The fraction of sp³-hybridized carbons (Fsp3) is 0.267. The third-order valence-corrected chi connectivity index (χ3v) is 4.93. The van der Waals surface area contributed by atoms with E-state index in [4.69, 9.17) is 5.11 Å². The first kappa shape index (κ1) is 13.9. The number of rotatable bonds is 4. The van der Waals surface area contributed by atoms with Crippen molar-refractivity contribution in [1.82, 2.24) is 0 Å². The van der Waals surface area contributed by atoms with Gasteiger partial charge in [0.15, 0.2) is 0 Å². The lowest BCUT2D eigenvalue weighted by molar-refractivity contribution is -0.135. The first-order valence-corrected chi connectivity index (χ1v) is 8.46. The Bertz CT molecular complexity index is 832. The highest BCUT2D eigenvalue weighted by Gasteiger charge is 2.24. The molecule has 1 aliphatic carbocycles. The van der Waals surface area contributed by atoms with Crippen LogP contribution in [0.15, 0.2) is 30.3 Å². The Labute approximate surface area is 122 Å². The zero-order valence-corrected chi connectivity index (χ0v) is 12.4. The summed E-state index contributed by atoms with van der Waals surface area (Å²) in [5.74, 6) is -1.18. The van der Waals surface area contributed by atoms with Crippen LogP contribution in [0, 0.1) is 0 Å². The van der Waals surface area contributed by atoms with Gasteiger partial charge in [-0.2, -0.15) is 0 Å². The minimum atomic E-state index is -3.66. The summed E-state index contributed by atoms with van der Waals surface area (Å²) in [4.78, 5) is 11.0. The summed E-state index contributed by atoms with van der Waals surface area (Å²) in [6.07, 6.45) is 2.90. The van der Waals surface area contributed by atoms with Crippen molar-refractivity contribution in [3.8, 4) is 0 Å². The van der Waals surface area contributed by atoms with Crippen molar-refractivity contribution in [1.29, 1.82) is 0 Å². The molecule has 0 aromatic heterocycles. The van der Waals surface area contributed by atoms with E-state index in [1.54, 1.807) is 6.07 Å². The molecule has 0 bridgehead atoms. The topological polar surface area (TPSA) is 74.7 Å². The molecule has 5 nitrogen and oxygen atoms in total. The van der Waals surface area contributed by atoms with Gasteiger partial charge in [0.25, 0.3) is 0 Å². The SMILES string of the molecule is CS(=O)(=O)N(CC(=O)O)c1ccc2c3c(cccc13)CC2. The summed E-state index contributed by atoms with van der Waals surface area (Å²) >= 11 is 0. The molecule has 0 heterocycles. The van der Waals surface area contributed by atoms with Crippen molar-refractivity contribution in [3.05, 3.63) is 41.5 Å². The zero-order chi connectivity index (χ0) is 15.2. The standard InChI is InChI=1S/C15H15NO4S/c1-21(19,20)16(9-14(17)18)13-8-7-11-6-5-10-3-2-4-12(13)15(10)11/h2-4,7-8H,5-6,9H2,1H3,(H,17,18). The fourth-order valence-corrected chi connectivity index (χ4v) is 3.81. The molecule has 0 saturated carbocycles. The second-order valence-corrected chi connectivity index (χ2v) is 7.15. The highest BCUT2D eigenvalue weighted by atomic mass is 32.2.